The van der Waals surface area contributed by atoms with Gasteiger partial charge in [-0.15, -0.1) is 0 Å². The molecule has 0 bridgehead atoms. The third-order valence-electron chi connectivity index (χ3n) is 4.27. The Balaban J connectivity index is 1.51. The van der Waals surface area contributed by atoms with E-state index in [-0.39, 0.29) is 5.91 Å². The average molecular weight is 383 g/mol. The zero-order valence-corrected chi connectivity index (χ0v) is 15.2. The van der Waals surface area contributed by atoms with Gasteiger partial charge in [0.1, 0.15) is 0 Å². The summed E-state index contributed by atoms with van der Waals surface area (Å²) in [4.78, 5) is 16.5. The number of β-amino-alcohol motifs (C(OH)–C–C–N with tert-alkyl or cyclic N) is 1. The second kappa shape index (κ2) is 8.19. The van der Waals surface area contributed by atoms with Gasteiger partial charge in [-0.3, -0.25) is 14.4 Å². The number of hydrogen-bond donors (Lipinski definition) is 1. The molecule has 6 nitrogen and oxygen atoms in total. The van der Waals surface area contributed by atoms with Gasteiger partial charge in [-0.25, -0.2) is 0 Å². The highest BCUT2D eigenvalue weighted by atomic mass is 35.5. The molecule has 3 rings (SSSR count). The molecular formula is C17H20Cl2N4O2. The van der Waals surface area contributed by atoms with E-state index in [2.05, 4.69) is 10.00 Å². The number of piperazine rings is 1. The van der Waals surface area contributed by atoms with Gasteiger partial charge in [0, 0.05) is 45.1 Å². The van der Waals surface area contributed by atoms with Crippen molar-refractivity contribution in [2.24, 2.45) is 0 Å². The van der Waals surface area contributed by atoms with Crippen LogP contribution in [0, 0.1) is 0 Å². The quantitative estimate of drug-likeness (QED) is 0.858. The van der Waals surface area contributed by atoms with Gasteiger partial charge in [0.25, 0.3) is 5.91 Å². The van der Waals surface area contributed by atoms with Gasteiger partial charge in [-0.05, 0) is 18.2 Å². The molecule has 1 saturated heterocycles. The highest BCUT2D eigenvalue weighted by Gasteiger charge is 2.25. The summed E-state index contributed by atoms with van der Waals surface area (Å²) in [6.07, 6.45) is 3.02. The molecule has 2 heterocycles. The summed E-state index contributed by atoms with van der Waals surface area (Å²) in [5, 5.41) is 15.0. The Morgan fingerprint density at radius 1 is 1.16 bits per heavy atom. The minimum atomic E-state index is -0.496. The summed E-state index contributed by atoms with van der Waals surface area (Å²) in [5.74, 6) is -0.107. The third kappa shape index (κ3) is 4.52. The highest BCUT2D eigenvalue weighted by molar-refractivity contribution is 6.43. The fourth-order valence-corrected chi connectivity index (χ4v) is 3.33. The Hall–Kier alpha value is -1.60. The van der Waals surface area contributed by atoms with E-state index in [1.54, 1.807) is 34.0 Å². The van der Waals surface area contributed by atoms with Crippen molar-refractivity contribution in [3.05, 3.63) is 52.3 Å². The van der Waals surface area contributed by atoms with Gasteiger partial charge in [-0.2, -0.15) is 5.10 Å². The van der Waals surface area contributed by atoms with Crippen LogP contribution in [0.1, 0.15) is 10.4 Å². The van der Waals surface area contributed by atoms with Crippen LogP contribution in [0.3, 0.4) is 0 Å². The van der Waals surface area contributed by atoms with Crippen LogP contribution in [0.15, 0.2) is 36.7 Å². The van der Waals surface area contributed by atoms with Gasteiger partial charge in [-0.1, -0.05) is 29.3 Å². The standard InChI is InChI=1S/C17H20Cl2N4O2/c18-15-4-1-3-14(16(15)19)17(25)22-9-7-21(8-10-22)11-13(24)12-23-6-2-5-20-23/h1-6,13,24H,7-12H2/t13-/m0/s1. The fourth-order valence-electron chi connectivity index (χ4n) is 2.95. The Labute approximate surface area is 156 Å². The van der Waals surface area contributed by atoms with Crippen LogP contribution in [0.2, 0.25) is 10.0 Å². The molecular weight excluding hydrogens is 363 g/mol. The zero-order valence-electron chi connectivity index (χ0n) is 13.7. The Bertz CT molecular complexity index is 715. The predicted molar refractivity (Wildman–Crippen MR) is 97.0 cm³/mol. The molecule has 0 spiro atoms. The van der Waals surface area contributed by atoms with Gasteiger partial charge >= 0.3 is 0 Å². The maximum Gasteiger partial charge on any atom is 0.255 e. The zero-order chi connectivity index (χ0) is 17.8. The molecule has 1 N–H and O–H groups in total. The first-order chi connectivity index (χ1) is 12.0. The van der Waals surface area contributed by atoms with Crippen LogP contribution in [0.5, 0.6) is 0 Å². The van der Waals surface area contributed by atoms with Gasteiger partial charge in [0.05, 0.1) is 28.3 Å². The Kier molecular flexibility index (Phi) is 5.96. The largest absolute Gasteiger partial charge is 0.390 e. The maximum absolute atomic E-state index is 12.6. The number of benzene rings is 1. The van der Waals surface area contributed by atoms with Crippen molar-refractivity contribution in [3.8, 4) is 0 Å². The number of aliphatic hydroxyl groups is 1. The van der Waals surface area contributed by atoms with Crippen LogP contribution < -0.4 is 0 Å². The summed E-state index contributed by atoms with van der Waals surface area (Å²) in [7, 11) is 0. The van der Waals surface area contributed by atoms with E-state index < -0.39 is 6.10 Å². The molecule has 1 amide bonds. The summed E-state index contributed by atoms with van der Waals surface area (Å²) in [6, 6.07) is 6.91. The lowest BCUT2D eigenvalue weighted by molar-refractivity contribution is 0.0491. The van der Waals surface area contributed by atoms with Crippen molar-refractivity contribution in [1.82, 2.24) is 19.6 Å². The lowest BCUT2D eigenvalue weighted by Gasteiger charge is -2.35. The maximum atomic E-state index is 12.6. The van der Waals surface area contributed by atoms with Crippen molar-refractivity contribution >= 4 is 29.1 Å². The number of aromatic nitrogens is 2. The van der Waals surface area contributed by atoms with Gasteiger partial charge in [0.15, 0.2) is 0 Å². The van der Waals surface area contributed by atoms with Crippen LogP contribution in [-0.4, -0.2) is 69.4 Å². The van der Waals surface area contributed by atoms with Crippen molar-refractivity contribution in [2.45, 2.75) is 12.6 Å². The first-order valence-corrected chi connectivity index (χ1v) is 8.91. The number of rotatable bonds is 5. The third-order valence-corrected chi connectivity index (χ3v) is 5.09. The number of halogens is 2. The van der Waals surface area contributed by atoms with E-state index in [4.69, 9.17) is 23.2 Å². The molecule has 1 aliphatic heterocycles. The van der Waals surface area contributed by atoms with E-state index in [0.29, 0.717) is 54.9 Å². The van der Waals surface area contributed by atoms with Gasteiger partial charge in [0.2, 0.25) is 0 Å². The molecule has 0 saturated carbocycles. The van der Waals surface area contributed by atoms with Gasteiger partial charge < -0.3 is 10.0 Å². The number of hydrogen-bond acceptors (Lipinski definition) is 4. The van der Waals surface area contributed by atoms with Crippen LogP contribution in [0.25, 0.3) is 0 Å². The smallest absolute Gasteiger partial charge is 0.255 e. The fraction of sp³-hybridized carbons (Fsp3) is 0.412. The van der Waals surface area contributed by atoms with E-state index in [9.17, 15) is 9.90 Å². The summed E-state index contributed by atoms with van der Waals surface area (Å²) in [6.45, 7) is 3.62. The molecule has 2 aromatic rings. The number of amides is 1. The molecule has 134 valence electrons. The minimum Gasteiger partial charge on any atom is -0.390 e. The number of nitrogens with zero attached hydrogens (tertiary/aromatic N) is 4. The predicted octanol–water partition coefficient (Wildman–Crippen LogP) is 2.01. The second-order valence-electron chi connectivity index (χ2n) is 6.08. The molecule has 0 unspecified atom stereocenters. The molecule has 1 aromatic heterocycles. The van der Waals surface area contributed by atoms with Crippen LogP contribution in [-0.2, 0) is 6.54 Å². The number of aliphatic hydroxyl groups excluding tert-OH is 1. The normalized spacial score (nSPS) is 16.8. The lowest BCUT2D eigenvalue weighted by Crippen LogP contribution is -2.50. The topological polar surface area (TPSA) is 61.6 Å². The second-order valence-corrected chi connectivity index (χ2v) is 6.86. The van der Waals surface area contributed by atoms with Crippen molar-refractivity contribution in [1.29, 1.82) is 0 Å². The molecule has 1 atom stereocenters. The molecule has 1 fully saturated rings. The Morgan fingerprint density at radius 2 is 1.92 bits per heavy atom. The molecule has 1 aliphatic rings. The highest BCUT2D eigenvalue weighted by Crippen LogP contribution is 2.26. The molecule has 8 heteroatoms. The van der Waals surface area contributed by atoms with E-state index in [0.717, 1.165) is 0 Å². The van der Waals surface area contributed by atoms with Crippen LogP contribution in [0.4, 0.5) is 0 Å². The van der Waals surface area contributed by atoms with Crippen molar-refractivity contribution in [2.75, 3.05) is 32.7 Å². The van der Waals surface area contributed by atoms with Crippen molar-refractivity contribution in [3.63, 3.8) is 0 Å². The van der Waals surface area contributed by atoms with Crippen LogP contribution >= 0.6 is 23.2 Å². The monoisotopic (exact) mass is 382 g/mol. The van der Waals surface area contributed by atoms with E-state index >= 15 is 0 Å². The molecule has 0 aliphatic carbocycles. The van der Waals surface area contributed by atoms with E-state index in [1.807, 2.05) is 12.3 Å². The molecule has 25 heavy (non-hydrogen) atoms. The first-order valence-electron chi connectivity index (χ1n) is 8.15. The first kappa shape index (κ1) is 18.2. The SMILES string of the molecule is O=C(c1cccc(Cl)c1Cl)N1CCN(C[C@H](O)Cn2cccn2)CC1. The molecule has 0 radical (unpaired) electrons. The van der Waals surface area contributed by atoms with Crippen molar-refractivity contribution < 1.29 is 9.90 Å². The number of carbonyl (C=O) groups excluding carboxylic acids is 1. The minimum absolute atomic E-state index is 0.107. The summed E-state index contributed by atoms with van der Waals surface area (Å²) < 4.78 is 1.71. The average Bonchev–Trinajstić information content (AvgIpc) is 3.10. The molecule has 1 aromatic carbocycles. The lowest BCUT2D eigenvalue weighted by atomic mass is 10.1. The summed E-state index contributed by atoms with van der Waals surface area (Å²) >= 11 is 12.1. The Morgan fingerprint density at radius 3 is 2.60 bits per heavy atom. The number of carbonyl (C=O) groups is 1. The van der Waals surface area contributed by atoms with E-state index in [1.165, 1.54) is 0 Å². The summed E-state index contributed by atoms with van der Waals surface area (Å²) in [5.41, 5.74) is 0.432.